The molecule has 3 aromatic rings. The molecule has 0 aliphatic carbocycles. The minimum Gasteiger partial charge on any atom is -0.358 e. The summed E-state index contributed by atoms with van der Waals surface area (Å²) in [6.07, 6.45) is 1.61. The molecule has 0 bridgehead atoms. The van der Waals surface area contributed by atoms with Crippen LogP contribution in [0.5, 0.6) is 0 Å². The summed E-state index contributed by atoms with van der Waals surface area (Å²) in [7, 11) is 1.79. The van der Waals surface area contributed by atoms with Gasteiger partial charge in [-0.15, -0.1) is 0 Å². The maximum Gasteiger partial charge on any atom is 0.251 e. The standard InChI is InChI=1S/C15H17N5O/c1-9-10(2)18-13-5-4-11(6-12(9)13)15(21)16-7-14-17-8-20(3)19-14/h4-6,8,18H,7H2,1-3H3,(H,16,21). The van der Waals surface area contributed by atoms with Crippen molar-refractivity contribution in [3.8, 4) is 0 Å². The number of benzene rings is 1. The highest BCUT2D eigenvalue weighted by Crippen LogP contribution is 2.22. The van der Waals surface area contributed by atoms with Crippen molar-refractivity contribution in [3.05, 3.63) is 47.2 Å². The Bertz CT molecular complexity index is 815. The van der Waals surface area contributed by atoms with Crippen LogP contribution in [0.3, 0.4) is 0 Å². The van der Waals surface area contributed by atoms with Crippen LogP contribution in [-0.2, 0) is 13.6 Å². The van der Waals surface area contributed by atoms with E-state index in [1.807, 2.05) is 32.0 Å². The first-order valence-corrected chi connectivity index (χ1v) is 6.76. The molecule has 0 aliphatic heterocycles. The van der Waals surface area contributed by atoms with Gasteiger partial charge in [-0.1, -0.05) is 0 Å². The van der Waals surface area contributed by atoms with Gasteiger partial charge in [-0.05, 0) is 37.6 Å². The van der Waals surface area contributed by atoms with Crippen molar-refractivity contribution in [1.29, 1.82) is 0 Å². The first-order chi connectivity index (χ1) is 10.0. The van der Waals surface area contributed by atoms with Crippen LogP contribution in [0.15, 0.2) is 24.5 Å². The third-order valence-electron chi connectivity index (χ3n) is 3.62. The lowest BCUT2D eigenvalue weighted by molar-refractivity contribution is 0.0950. The Hall–Kier alpha value is -2.63. The molecule has 0 radical (unpaired) electrons. The Morgan fingerprint density at radius 3 is 2.90 bits per heavy atom. The van der Waals surface area contributed by atoms with Gasteiger partial charge in [-0.2, -0.15) is 5.10 Å². The third-order valence-corrected chi connectivity index (χ3v) is 3.62. The van der Waals surface area contributed by atoms with Gasteiger partial charge in [-0.3, -0.25) is 9.48 Å². The molecule has 0 saturated heterocycles. The highest BCUT2D eigenvalue weighted by Gasteiger charge is 2.10. The molecule has 0 spiro atoms. The summed E-state index contributed by atoms with van der Waals surface area (Å²) in [4.78, 5) is 19.6. The number of aromatic nitrogens is 4. The number of aromatic amines is 1. The minimum atomic E-state index is -0.123. The molecule has 0 saturated carbocycles. The zero-order chi connectivity index (χ0) is 15.0. The number of hydrogen-bond donors (Lipinski definition) is 2. The number of carbonyl (C=O) groups excluding carboxylic acids is 1. The maximum absolute atomic E-state index is 12.2. The van der Waals surface area contributed by atoms with Gasteiger partial charge in [0.2, 0.25) is 0 Å². The van der Waals surface area contributed by atoms with Crippen LogP contribution < -0.4 is 5.32 Å². The third kappa shape index (κ3) is 2.52. The SMILES string of the molecule is Cc1[nH]c2ccc(C(=O)NCc3ncn(C)n3)cc2c1C. The van der Waals surface area contributed by atoms with Crippen LogP contribution in [0.25, 0.3) is 10.9 Å². The molecule has 2 heterocycles. The van der Waals surface area contributed by atoms with Gasteiger partial charge in [0, 0.05) is 29.2 Å². The summed E-state index contributed by atoms with van der Waals surface area (Å²) in [5.41, 5.74) is 3.99. The van der Waals surface area contributed by atoms with Crippen molar-refractivity contribution in [2.75, 3.05) is 0 Å². The quantitative estimate of drug-likeness (QED) is 0.770. The predicted octanol–water partition coefficient (Wildman–Crippen LogP) is 1.84. The van der Waals surface area contributed by atoms with Crippen molar-refractivity contribution in [3.63, 3.8) is 0 Å². The Labute approximate surface area is 122 Å². The lowest BCUT2D eigenvalue weighted by Crippen LogP contribution is -2.23. The van der Waals surface area contributed by atoms with Gasteiger partial charge >= 0.3 is 0 Å². The Balaban J connectivity index is 1.79. The molecule has 0 unspecified atom stereocenters. The van der Waals surface area contributed by atoms with Crippen molar-refractivity contribution < 1.29 is 4.79 Å². The summed E-state index contributed by atoms with van der Waals surface area (Å²) in [5, 5.41) is 8.04. The molecule has 0 aliphatic rings. The van der Waals surface area contributed by atoms with Crippen molar-refractivity contribution in [1.82, 2.24) is 25.1 Å². The van der Waals surface area contributed by atoms with Gasteiger partial charge < -0.3 is 10.3 Å². The molecule has 0 fully saturated rings. The van der Waals surface area contributed by atoms with Crippen LogP contribution in [0.4, 0.5) is 0 Å². The highest BCUT2D eigenvalue weighted by molar-refractivity contribution is 5.98. The number of carbonyl (C=O) groups is 1. The Morgan fingerprint density at radius 2 is 2.19 bits per heavy atom. The molecule has 6 heteroatoms. The Kier molecular flexibility index (Phi) is 3.21. The first-order valence-electron chi connectivity index (χ1n) is 6.76. The second-order valence-electron chi connectivity index (χ2n) is 5.15. The van der Waals surface area contributed by atoms with Crippen LogP contribution in [0.2, 0.25) is 0 Å². The number of H-pyrrole nitrogens is 1. The van der Waals surface area contributed by atoms with Crippen LogP contribution in [0.1, 0.15) is 27.4 Å². The number of amides is 1. The molecule has 1 aromatic carbocycles. The van der Waals surface area contributed by atoms with E-state index < -0.39 is 0 Å². The molecular weight excluding hydrogens is 266 g/mol. The van der Waals surface area contributed by atoms with Gasteiger partial charge in [0.05, 0.1) is 6.54 Å². The average molecular weight is 283 g/mol. The molecule has 1 amide bonds. The fraction of sp³-hybridized carbons (Fsp3) is 0.267. The summed E-state index contributed by atoms with van der Waals surface area (Å²) in [5.74, 6) is 0.475. The largest absolute Gasteiger partial charge is 0.358 e. The van der Waals surface area contributed by atoms with Crippen LogP contribution in [0, 0.1) is 13.8 Å². The van der Waals surface area contributed by atoms with Gasteiger partial charge in [0.25, 0.3) is 5.91 Å². The summed E-state index contributed by atoms with van der Waals surface area (Å²) in [6, 6.07) is 5.66. The zero-order valence-electron chi connectivity index (χ0n) is 12.3. The topological polar surface area (TPSA) is 75.6 Å². The van der Waals surface area contributed by atoms with E-state index >= 15 is 0 Å². The number of fused-ring (bicyclic) bond motifs is 1. The van der Waals surface area contributed by atoms with E-state index in [0.717, 1.165) is 16.6 Å². The Morgan fingerprint density at radius 1 is 1.38 bits per heavy atom. The van der Waals surface area contributed by atoms with Crippen molar-refractivity contribution in [2.24, 2.45) is 7.05 Å². The summed E-state index contributed by atoms with van der Waals surface area (Å²) >= 11 is 0. The summed E-state index contributed by atoms with van der Waals surface area (Å²) < 4.78 is 1.61. The van der Waals surface area contributed by atoms with E-state index in [0.29, 0.717) is 17.9 Å². The van der Waals surface area contributed by atoms with E-state index in [1.165, 1.54) is 5.56 Å². The average Bonchev–Trinajstić information content (AvgIpc) is 3.01. The maximum atomic E-state index is 12.2. The van der Waals surface area contributed by atoms with Crippen LogP contribution in [-0.4, -0.2) is 25.7 Å². The lowest BCUT2D eigenvalue weighted by Gasteiger charge is -2.03. The second-order valence-corrected chi connectivity index (χ2v) is 5.15. The van der Waals surface area contributed by atoms with Gasteiger partial charge in [-0.25, -0.2) is 4.98 Å². The normalized spacial score (nSPS) is 11.0. The fourth-order valence-electron chi connectivity index (χ4n) is 2.33. The molecular formula is C15H17N5O. The predicted molar refractivity (Wildman–Crippen MR) is 79.9 cm³/mol. The van der Waals surface area contributed by atoms with Gasteiger partial charge in [0.15, 0.2) is 5.82 Å². The van der Waals surface area contributed by atoms with E-state index in [4.69, 9.17) is 0 Å². The number of rotatable bonds is 3. The smallest absolute Gasteiger partial charge is 0.251 e. The van der Waals surface area contributed by atoms with Gasteiger partial charge in [0.1, 0.15) is 6.33 Å². The number of aryl methyl sites for hydroxylation is 3. The second kappa shape index (κ2) is 5.05. The lowest BCUT2D eigenvalue weighted by atomic mass is 10.1. The zero-order valence-corrected chi connectivity index (χ0v) is 12.3. The first kappa shape index (κ1) is 13.4. The van der Waals surface area contributed by atoms with Crippen molar-refractivity contribution in [2.45, 2.75) is 20.4 Å². The van der Waals surface area contributed by atoms with E-state index in [1.54, 1.807) is 18.1 Å². The van der Waals surface area contributed by atoms with Crippen LogP contribution >= 0.6 is 0 Å². The summed E-state index contributed by atoms with van der Waals surface area (Å²) in [6.45, 7) is 4.40. The highest BCUT2D eigenvalue weighted by atomic mass is 16.1. The number of nitrogens with zero attached hydrogens (tertiary/aromatic N) is 3. The van der Waals surface area contributed by atoms with E-state index in [-0.39, 0.29) is 5.91 Å². The van der Waals surface area contributed by atoms with E-state index in [2.05, 4.69) is 20.4 Å². The molecule has 0 atom stereocenters. The monoisotopic (exact) mass is 283 g/mol. The molecule has 21 heavy (non-hydrogen) atoms. The number of nitrogens with one attached hydrogen (secondary N) is 2. The molecule has 2 N–H and O–H groups in total. The fourth-order valence-corrected chi connectivity index (χ4v) is 2.33. The van der Waals surface area contributed by atoms with E-state index in [9.17, 15) is 4.79 Å². The molecule has 3 rings (SSSR count). The molecule has 108 valence electrons. The minimum absolute atomic E-state index is 0.123. The number of hydrogen-bond acceptors (Lipinski definition) is 3. The molecule has 2 aromatic heterocycles. The molecule has 6 nitrogen and oxygen atoms in total. The van der Waals surface area contributed by atoms with Crippen molar-refractivity contribution >= 4 is 16.8 Å².